The maximum atomic E-state index is 12.7. The van der Waals surface area contributed by atoms with E-state index in [9.17, 15) is 4.79 Å². The average Bonchev–Trinajstić information content (AvgIpc) is 2.65. The zero-order valence-electron chi connectivity index (χ0n) is 17.2. The Balaban J connectivity index is 1.56. The van der Waals surface area contributed by atoms with Gasteiger partial charge in [0, 0.05) is 44.5 Å². The maximum absolute atomic E-state index is 12.7. The molecular weight excluding hydrogens is 340 g/mol. The molecule has 1 aromatic carbocycles. The summed E-state index contributed by atoms with van der Waals surface area (Å²) in [6, 6.07) is 8.23. The van der Waals surface area contributed by atoms with E-state index < -0.39 is 0 Å². The van der Waals surface area contributed by atoms with E-state index in [1.165, 1.54) is 19.4 Å². The fourth-order valence-electron chi connectivity index (χ4n) is 4.37. The van der Waals surface area contributed by atoms with Crippen molar-refractivity contribution in [1.82, 2.24) is 15.1 Å². The van der Waals surface area contributed by atoms with Crippen LogP contribution in [0.1, 0.15) is 26.7 Å². The Morgan fingerprint density at radius 1 is 1.30 bits per heavy atom. The molecule has 1 atom stereocenters. The highest BCUT2D eigenvalue weighted by Gasteiger charge is 2.36. The number of piperazine rings is 1. The van der Waals surface area contributed by atoms with Crippen molar-refractivity contribution in [3.05, 3.63) is 24.3 Å². The summed E-state index contributed by atoms with van der Waals surface area (Å²) in [5.74, 6) is 1.43. The Labute approximate surface area is 163 Å². The van der Waals surface area contributed by atoms with Crippen LogP contribution in [-0.2, 0) is 0 Å². The summed E-state index contributed by atoms with van der Waals surface area (Å²) < 4.78 is 5.37. The number of nitrogens with one attached hydrogen (secondary N) is 1. The second-order valence-corrected chi connectivity index (χ2v) is 8.54. The van der Waals surface area contributed by atoms with E-state index in [0.29, 0.717) is 12.5 Å². The first-order chi connectivity index (χ1) is 12.9. The van der Waals surface area contributed by atoms with E-state index in [-0.39, 0.29) is 11.6 Å². The predicted molar refractivity (Wildman–Crippen MR) is 110 cm³/mol. The summed E-state index contributed by atoms with van der Waals surface area (Å²) >= 11 is 0. The lowest BCUT2D eigenvalue weighted by Crippen LogP contribution is -2.62. The molecule has 2 heterocycles. The third kappa shape index (κ3) is 4.86. The number of hydrogen-bond acceptors (Lipinski definition) is 4. The molecule has 0 unspecified atom stereocenters. The van der Waals surface area contributed by atoms with Crippen molar-refractivity contribution in [1.29, 1.82) is 0 Å². The SMILES string of the molecule is COc1cccc(N2CCN(C(=O)NC[C@@H]3CCCN(C)C3)CC2(C)C)c1. The van der Waals surface area contributed by atoms with Crippen LogP contribution >= 0.6 is 0 Å². The number of urea groups is 1. The Hall–Kier alpha value is -1.95. The van der Waals surface area contributed by atoms with Crippen molar-refractivity contribution in [3.63, 3.8) is 0 Å². The molecule has 2 fully saturated rings. The zero-order chi connectivity index (χ0) is 19.4. The first kappa shape index (κ1) is 19.8. The van der Waals surface area contributed by atoms with Gasteiger partial charge in [0.1, 0.15) is 5.75 Å². The number of carbonyl (C=O) groups excluding carboxylic acids is 1. The molecule has 6 heteroatoms. The van der Waals surface area contributed by atoms with Crippen LogP contribution in [0, 0.1) is 5.92 Å². The van der Waals surface area contributed by atoms with Crippen LogP contribution in [0.25, 0.3) is 0 Å². The van der Waals surface area contributed by atoms with Crippen molar-refractivity contribution < 1.29 is 9.53 Å². The molecule has 150 valence electrons. The van der Waals surface area contributed by atoms with Crippen LogP contribution in [0.15, 0.2) is 24.3 Å². The quantitative estimate of drug-likeness (QED) is 0.880. The van der Waals surface area contributed by atoms with Crippen LogP contribution in [0.2, 0.25) is 0 Å². The third-order valence-electron chi connectivity index (χ3n) is 5.82. The largest absolute Gasteiger partial charge is 0.497 e. The molecule has 6 nitrogen and oxygen atoms in total. The van der Waals surface area contributed by atoms with Crippen LogP contribution in [0.4, 0.5) is 10.5 Å². The number of rotatable bonds is 4. The summed E-state index contributed by atoms with van der Waals surface area (Å²) in [7, 11) is 3.85. The Morgan fingerprint density at radius 2 is 2.11 bits per heavy atom. The minimum Gasteiger partial charge on any atom is -0.497 e. The van der Waals surface area contributed by atoms with Crippen LogP contribution in [-0.4, -0.2) is 74.8 Å². The van der Waals surface area contributed by atoms with Gasteiger partial charge in [0.05, 0.1) is 12.6 Å². The topological polar surface area (TPSA) is 48.1 Å². The van der Waals surface area contributed by atoms with Crippen LogP contribution in [0.3, 0.4) is 0 Å². The van der Waals surface area contributed by atoms with Gasteiger partial charge in [-0.05, 0) is 58.3 Å². The molecule has 0 spiro atoms. The number of piperidine rings is 1. The van der Waals surface area contributed by atoms with Gasteiger partial charge in [0.15, 0.2) is 0 Å². The molecule has 1 aromatic rings. The summed E-state index contributed by atoms with van der Waals surface area (Å²) in [5.41, 5.74) is 1.01. The van der Waals surface area contributed by atoms with E-state index in [4.69, 9.17) is 4.74 Å². The highest BCUT2D eigenvalue weighted by atomic mass is 16.5. The fourth-order valence-corrected chi connectivity index (χ4v) is 4.37. The van der Waals surface area contributed by atoms with Gasteiger partial charge in [-0.25, -0.2) is 4.79 Å². The van der Waals surface area contributed by atoms with Crippen molar-refractivity contribution in [2.75, 3.05) is 58.3 Å². The lowest BCUT2D eigenvalue weighted by atomic mass is 9.97. The molecule has 0 bridgehead atoms. The van der Waals surface area contributed by atoms with Crippen LogP contribution < -0.4 is 15.0 Å². The number of ether oxygens (including phenoxy) is 1. The molecule has 3 rings (SSSR count). The van der Waals surface area contributed by atoms with Crippen molar-refractivity contribution in [2.24, 2.45) is 5.92 Å². The second-order valence-electron chi connectivity index (χ2n) is 8.54. The van der Waals surface area contributed by atoms with Gasteiger partial charge in [-0.2, -0.15) is 0 Å². The smallest absolute Gasteiger partial charge is 0.317 e. The summed E-state index contributed by atoms with van der Waals surface area (Å²) in [6.07, 6.45) is 2.43. The highest BCUT2D eigenvalue weighted by molar-refractivity contribution is 5.75. The molecule has 27 heavy (non-hydrogen) atoms. The van der Waals surface area contributed by atoms with E-state index in [2.05, 4.69) is 48.1 Å². The first-order valence-electron chi connectivity index (χ1n) is 10.0. The number of amides is 2. The van der Waals surface area contributed by atoms with E-state index in [0.717, 1.165) is 37.6 Å². The van der Waals surface area contributed by atoms with Gasteiger partial charge >= 0.3 is 6.03 Å². The minimum absolute atomic E-state index is 0.0709. The summed E-state index contributed by atoms with van der Waals surface area (Å²) in [4.78, 5) is 19.4. The van der Waals surface area contributed by atoms with Crippen LogP contribution in [0.5, 0.6) is 5.75 Å². The van der Waals surface area contributed by atoms with Gasteiger partial charge < -0.3 is 24.8 Å². The number of anilines is 1. The number of likely N-dealkylation sites (tertiary alicyclic amines) is 1. The third-order valence-corrected chi connectivity index (χ3v) is 5.82. The van der Waals surface area contributed by atoms with Crippen molar-refractivity contribution in [2.45, 2.75) is 32.2 Å². The monoisotopic (exact) mass is 374 g/mol. The highest BCUT2D eigenvalue weighted by Crippen LogP contribution is 2.30. The van der Waals surface area contributed by atoms with Gasteiger partial charge in [0.2, 0.25) is 0 Å². The van der Waals surface area contributed by atoms with Crippen molar-refractivity contribution in [3.8, 4) is 5.75 Å². The van der Waals surface area contributed by atoms with Gasteiger partial charge in [0.25, 0.3) is 0 Å². The van der Waals surface area contributed by atoms with Gasteiger partial charge in [-0.15, -0.1) is 0 Å². The molecule has 2 aliphatic rings. The molecule has 0 aliphatic carbocycles. The molecular formula is C21H34N4O2. The Morgan fingerprint density at radius 3 is 2.81 bits per heavy atom. The lowest BCUT2D eigenvalue weighted by molar-refractivity contribution is 0.162. The van der Waals surface area contributed by atoms with Gasteiger partial charge in [-0.3, -0.25) is 0 Å². The first-order valence-corrected chi connectivity index (χ1v) is 10.0. The zero-order valence-corrected chi connectivity index (χ0v) is 17.2. The number of methoxy groups -OCH3 is 1. The second kappa shape index (κ2) is 8.38. The lowest BCUT2D eigenvalue weighted by Gasteiger charge is -2.48. The normalized spacial score (nSPS) is 23.2. The number of hydrogen-bond donors (Lipinski definition) is 1. The Kier molecular flexibility index (Phi) is 6.15. The Bertz CT molecular complexity index is 649. The average molecular weight is 375 g/mol. The maximum Gasteiger partial charge on any atom is 0.317 e. The number of benzene rings is 1. The fraction of sp³-hybridized carbons (Fsp3) is 0.667. The number of nitrogens with zero attached hydrogens (tertiary/aromatic N) is 3. The summed E-state index contributed by atoms with van der Waals surface area (Å²) in [6.45, 7) is 9.68. The predicted octanol–water partition coefficient (Wildman–Crippen LogP) is 2.65. The molecule has 1 N–H and O–H groups in total. The van der Waals surface area contributed by atoms with Crippen molar-refractivity contribution >= 4 is 11.7 Å². The van der Waals surface area contributed by atoms with E-state index in [1.54, 1.807) is 7.11 Å². The van der Waals surface area contributed by atoms with E-state index in [1.807, 2.05) is 17.0 Å². The van der Waals surface area contributed by atoms with E-state index >= 15 is 0 Å². The molecule has 2 saturated heterocycles. The standard InChI is InChI=1S/C21H34N4O2/c1-21(2)16-24(20(26)22-14-17-7-6-10-23(3)15-17)11-12-25(21)18-8-5-9-19(13-18)27-4/h5,8-9,13,17H,6-7,10-12,14-16H2,1-4H3,(H,22,26)/t17-/m0/s1. The molecule has 0 radical (unpaired) electrons. The summed E-state index contributed by atoms with van der Waals surface area (Å²) in [5, 5.41) is 3.18. The molecule has 0 saturated carbocycles. The number of carbonyl (C=O) groups is 1. The molecule has 2 aliphatic heterocycles. The molecule has 2 amide bonds. The van der Waals surface area contributed by atoms with Gasteiger partial charge in [-0.1, -0.05) is 6.07 Å². The molecule has 0 aromatic heterocycles. The minimum atomic E-state index is -0.132.